The Balaban J connectivity index is 2.10. The van der Waals surface area contributed by atoms with Gasteiger partial charge in [-0.05, 0) is 42.7 Å². The molecule has 1 amide bonds. The lowest BCUT2D eigenvalue weighted by Crippen LogP contribution is -2.25. The van der Waals surface area contributed by atoms with Crippen molar-refractivity contribution in [2.75, 3.05) is 19.4 Å². The van der Waals surface area contributed by atoms with Crippen molar-refractivity contribution >= 4 is 23.1 Å². The van der Waals surface area contributed by atoms with E-state index in [4.69, 9.17) is 10.6 Å². The number of imidazole rings is 1. The number of rotatable bonds is 6. The number of nitrogens with zero attached hydrogens (tertiary/aromatic N) is 3. The van der Waals surface area contributed by atoms with E-state index in [-0.39, 0.29) is 11.6 Å². The zero-order valence-electron chi connectivity index (χ0n) is 15.7. The summed E-state index contributed by atoms with van der Waals surface area (Å²) in [5.41, 5.74) is 10.6. The van der Waals surface area contributed by atoms with Crippen molar-refractivity contribution in [3.8, 4) is 11.1 Å². The number of aromatic nitrogens is 2. The Bertz CT molecular complexity index is 1010. The van der Waals surface area contributed by atoms with Gasteiger partial charge in [-0.25, -0.2) is 4.98 Å². The van der Waals surface area contributed by atoms with Crippen LogP contribution in [-0.4, -0.2) is 34.7 Å². The number of benzene rings is 1. The molecule has 0 aliphatic rings. The Hall–Kier alpha value is -3.35. The number of oxime groups is 1. The van der Waals surface area contributed by atoms with Gasteiger partial charge in [0.2, 0.25) is 0 Å². The van der Waals surface area contributed by atoms with E-state index in [1.807, 2.05) is 50.2 Å². The number of pyridine rings is 1. The molecule has 0 aliphatic carbocycles. The van der Waals surface area contributed by atoms with Gasteiger partial charge in [0.1, 0.15) is 18.6 Å². The monoisotopic (exact) mass is 365 g/mol. The van der Waals surface area contributed by atoms with Crippen molar-refractivity contribution in [2.45, 2.75) is 20.3 Å². The molecule has 7 heteroatoms. The highest BCUT2D eigenvalue weighted by Gasteiger charge is 2.18. The molecule has 140 valence electrons. The van der Waals surface area contributed by atoms with Crippen LogP contribution in [0.5, 0.6) is 0 Å². The summed E-state index contributed by atoms with van der Waals surface area (Å²) < 4.78 is 1.74. The number of hydrogen-bond donors (Lipinski definition) is 2. The van der Waals surface area contributed by atoms with Crippen LogP contribution in [-0.2, 0) is 4.84 Å². The van der Waals surface area contributed by atoms with Gasteiger partial charge in [-0.1, -0.05) is 30.3 Å². The average molecular weight is 365 g/mol. The van der Waals surface area contributed by atoms with Crippen LogP contribution in [0.1, 0.15) is 36.3 Å². The fourth-order valence-electron chi connectivity index (χ4n) is 2.90. The second kappa shape index (κ2) is 7.90. The van der Waals surface area contributed by atoms with Gasteiger partial charge < -0.3 is 15.9 Å². The molecule has 0 bridgehead atoms. The molecule has 0 saturated carbocycles. The Kier molecular flexibility index (Phi) is 5.40. The number of nitrogens with one attached hydrogen (secondary N) is 1. The molecule has 3 N–H and O–H groups in total. The largest absolute Gasteiger partial charge is 0.399 e. The molecule has 2 aromatic heterocycles. The minimum atomic E-state index is -0.263. The van der Waals surface area contributed by atoms with E-state index in [2.05, 4.69) is 15.5 Å². The van der Waals surface area contributed by atoms with Gasteiger partial charge in [-0.2, -0.15) is 0 Å². The number of anilines is 1. The maximum Gasteiger partial charge on any atom is 0.273 e. The number of fused-ring (bicyclic) bond motifs is 1. The molecule has 7 nitrogen and oxygen atoms in total. The average Bonchev–Trinajstić information content (AvgIpc) is 3.03. The summed E-state index contributed by atoms with van der Waals surface area (Å²) in [7, 11) is 1.52. The summed E-state index contributed by atoms with van der Waals surface area (Å²) in [5.74, 6) is 0.0644. The molecule has 3 rings (SSSR count). The summed E-state index contributed by atoms with van der Waals surface area (Å²) in [6.07, 6.45) is 2.65. The lowest BCUT2D eigenvalue weighted by atomic mass is 10.0. The van der Waals surface area contributed by atoms with Crippen LogP contribution >= 0.6 is 0 Å². The quantitative estimate of drug-likeness (QED) is 0.518. The first kappa shape index (κ1) is 18.4. The van der Waals surface area contributed by atoms with Crippen molar-refractivity contribution in [3.05, 3.63) is 53.9 Å². The second-order valence-corrected chi connectivity index (χ2v) is 6.16. The number of amides is 1. The summed E-state index contributed by atoms with van der Waals surface area (Å²) in [6.45, 7) is 4.46. The van der Waals surface area contributed by atoms with Crippen LogP contribution in [0.3, 0.4) is 0 Å². The molecule has 2 heterocycles. The molecule has 0 saturated heterocycles. The number of nitrogens with two attached hydrogens (primary N) is 1. The minimum absolute atomic E-state index is 0.240. The topological polar surface area (TPSA) is 94.0 Å². The van der Waals surface area contributed by atoms with E-state index in [9.17, 15) is 4.79 Å². The van der Waals surface area contributed by atoms with Crippen molar-refractivity contribution < 1.29 is 9.63 Å². The Morgan fingerprint density at radius 1 is 1.33 bits per heavy atom. The first-order valence-corrected chi connectivity index (χ1v) is 8.80. The molecule has 0 radical (unpaired) electrons. The van der Waals surface area contributed by atoms with Crippen LogP contribution in [0, 0.1) is 0 Å². The predicted octanol–water partition coefficient (Wildman–Crippen LogP) is 3.09. The van der Waals surface area contributed by atoms with E-state index in [1.165, 1.54) is 7.11 Å². The van der Waals surface area contributed by atoms with Gasteiger partial charge in [0.25, 0.3) is 5.91 Å². The normalized spacial score (nSPS) is 11.6. The van der Waals surface area contributed by atoms with Crippen LogP contribution in [0.15, 0.2) is 47.8 Å². The van der Waals surface area contributed by atoms with Crippen LogP contribution < -0.4 is 11.1 Å². The maximum absolute atomic E-state index is 12.4. The zero-order valence-corrected chi connectivity index (χ0v) is 15.7. The predicted molar refractivity (Wildman–Crippen MR) is 107 cm³/mol. The summed E-state index contributed by atoms with van der Waals surface area (Å²) in [6, 6.07) is 11.7. The van der Waals surface area contributed by atoms with Crippen molar-refractivity contribution in [2.24, 2.45) is 5.16 Å². The molecule has 0 aliphatic heterocycles. The van der Waals surface area contributed by atoms with Crippen LogP contribution in [0.4, 0.5) is 5.82 Å². The zero-order chi connectivity index (χ0) is 19.4. The highest BCUT2D eigenvalue weighted by atomic mass is 16.6. The van der Waals surface area contributed by atoms with Crippen molar-refractivity contribution in [1.29, 1.82) is 0 Å². The number of carbonyl (C=O) groups is 1. The molecule has 0 unspecified atom stereocenters. The van der Waals surface area contributed by atoms with E-state index in [1.54, 1.807) is 10.6 Å². The summed E-state index contributed by atoms with van der Waals surface area (Å²) in [5, 5.41) is 6.81. The Morgan fingerprint density at radius 2 is 2.15 bits per heavy atom. The lowest BCUT2D eigenvalue weighted by Gasteiger charge is -2.07. The van der Waals surface area contributed by atoms with E-state index in [0.717, 1.165) is 28.8 Å². The van der Waals surface area contributed by atoms with Crippen LogP contribution in [0.25, 0.3) is 16.8 Å². The fourth-order valence-corrected chi connectivity index (χ4v) is 2.90. The van der Waals surface area contributed by atoms with Gasteiger partial charge in [-0.3, -0.25) is 9.20 Å². The third kappa shape index (κ3) is 3.62. The highest BCUT2D eigenvalue weighted by Crippen LogP contribution is 2.27. The van der Waals surface area contributed by atoms with Crippen molar-refractivity contribution in [1.82, 2.24) is 14.7 Å². The number of carbonyl (C=O) groups excluding carboxylic acids is 1. The van der Waals surface area contributed by atoms with Gasteiger partial charge in [0.15, 0.2) is 5.69 Å². The number of hydrogen-bond acceptors (Lipinski definition) is 5. The first-order chi connectivity index (χ1) is 13.1. The van der Waals surface area contributed by atoms with E-state index >= 15 is 0 Å². The standard InChI is InChI=1S/C20H23N5O2/c1-4-10-22-20(26)17-18(21)25-11-6-9-16(19(25)23-17)15-8-5-7-14(12-15)13(2)24-27-3/h5-9,11-12H,4,10,21H2,1-3H3,(H,22,26)/b24-13+. The molecular weight excluding hydrogens is 342 g/mol. The van der Waals surface area contributed by atoms with Gasteiger partial charge in [0.05, 0.1) is 5.71 Å². The molecule has 0 fully saturated rings. The highest BCUT2D eigenvalue weighted by molar-refractivity contribution is 6.00. The van der Waals surface area contributed by atoms with E-state index in [0.29, 0.717) is 18.0 Å². The molecule has 27 heavy (non-hydrogen) atoms. The maximum atomic E-state index is 12.4. The van der Waals surface area contributed by atoms with Crippen LogP contribution in [0.2, 0.25) is 0 Å². The lowest BCUT2D eigenvalue weighted by molar-refractivity contribution is 0.0950. The van der Waals surface area contributed by atoms with E-state index < -0.39 is 0 Å². The van der Waals surface area contributed by atoms with Gasteiger partial charge in [0, 0.05) is 18.3 Å². The third-order valence-corrected chi connectivity index (χ3v) is 4.26. The Morgan fingerprint density at radius 3 is 2.89 bits per heavy atom. The fraction of sp³-hybridized carbons (Fsp3) is 0.250. The number of nitrogen functional groups attached to an aromatic ring is 1. The molecule has 0 spiro atoms. The third-order valence-electron chi connectivity index (χ3n) is 4.26. The Labute approximate surface area is 157 Å². The first-order valence-electron chi connectivity index (χ1n) is 8.80. The minimum Gasteiger partial charge on any atom is -0.399 e. The van der Waals surface area contributed by atoms with Gasteiger partial charge in [-0.15, -0.1) is 0 Å². The molecule has 0 atom stereocenters. The summed E-state index contributed by atoms with van der Waals surface area (Å²) in [4.78, 5) is 21.7. The summed E-state index contributed by atoms with van der Waals surface area (Å²) >= 11 is 0. The SMILES string of the molecule is CCCNC(=O)c1nc2c(-c3cccc(/C(C)=N/OC)c3)cccn2c1N. The second-order valence-electron chi connectivity index (χ2n) is 6.16. The molecule has 1 aromatic carbocycles. The molecule has 3 aromatic rings. The van der Waals surface area contributed by atoms with Gasteiger partial charge >= 0.3 is 0 Å². The smallest absolute Gasteiger partial charge is 0.273 e. The molecular formula is C20H23N5O2. The van der Waals surface area contributed by atoms with Crippen molar-refractivity contribution in [3.63, 3.8) is 0 Å².